The van der Waals surface area contributed by atoms with E-state index < -0.39 is 34.7 Å². The third-order valence-electron chi connectivity index (χ3n) is 4.85. The summed E-state index contributed by atoms with van der Waals surface area (Å²) in [4.78, 5) is 27.3. The van der Waals surface area contributed by atoms with Gasteiger partial charge in [-0.1, -0.05) is 12.1 Å². The molecule has 0 aliphatic heterocycles. The number of fused-ring (bicyclic) bond motifs is 3. The molecule has 0 saturated carbocycles. The first-order valence-corrected chi connectivity index (χ1v) is 8.88. The van der Waals surface area contributed by atoms with Crippen LogP contribution in [0.25, 0.3) is 21.7 Å². The van der Waals surface area contributed by atoms with Crippen LogP contribution in [-0.4, -0.2) is 10.9 Å². The summed E-state index contributed by atoms with van der Waals surface area (Å²) in [7, 11) is 0. The SMILES string of the molecule is Cc1cccc2c(=O)[nH]c3cc(C(F)(F)F)c(NC(=O)c4ccc(F)cc4)cc3c12. The van der Waals surface area contributed by atoms with E-state index in [4.69, 9.17) is 0 Å². The fourth-order valence-electron chi connectivity index (χ4n) is 3.45. The van der Waals surface area contributed by atoms with Crippen LogP contribution in [0.1, 0.15) is 21.5 Å². The van der Waals surface area contributed by atoms with Crippen LogP contribution in [0, 0.1) is 12.7 Å². The maximum atomic E-state index is 13.7. The molecule has 0 radical (unpaired) electrons. The predicted octanol–water partition coefficient (Wildman–Crippen LogP) is 5.40. The lowest BCUT2D eigenvalue weighted by Gasteiger charge is -2.16. The Kier molecular flexibility index (Phi) is 4.57. The lowest BCUT2D eigenvalue weighted by atomic mass is 9.99. The highest BCUT2D eigenvalue weighted by Crippen LogP contribution is 2.38. The van der Waals surface area contributed by atoms with Crippen LogP contribution in [0.15, 0.2) is 59.4 Å². The average molecular weight is 414 g/mol. The molecular weight excluding hydrogens is 400 g/mol. The first-order valence-electron chi connectivity index (χ1n) is 8.88. The van der Waals surface area contributed by atoms with Crippen molar-refractivity contribution in [3.63, 3.8) is 0 Å². The van der Waals surface area contributed by atoms with Crippen molar-refractivity contribution in [2.75, 3.05) is 5.32 Å². The van der Waals surface area contributed by atoms with E-state index in [1.54, 1.807) is 25.1 Å². The van der Waals surface area contributed by atoms with E-state index in [0.29, 0.717) is 21.7 Å². The molecular formula is C22H14F4N2O2. The number of carbonyl (C=O) groups excluding carboxylic acids is 1. The highest BCUT2D eigenvalue weighted by Gasteiger charge is 2.35. The summed E-state index contributed by atoms with van der Waals surface area (Å²) >= 11 is 0. The molecule has 30 heavy (non-hydrogen) atoms. The first kappa shape index (κ1) is 19.6. The number of hydrogen-bond donors (Lipinski definition) is 2. The van der Waals surface area contributed by atoms with E-state index in [0.717, 1.165) is 18.2 Å². The number of H-pyrrole nitrogens is 1. The minimum absolute atomic E-state index is 0.00660. The summed E-state index contributed by atoms with van der Waals surface area (Å²) in [6.45, 7) is 1.75. The number of aromatic nitrogens is 1. The molecule has 0 atom stereocenters. The monoisotopic (exact) mass is 414 g/mol. The number of rotatable bonds is 2. The summed E-state index contributed by atoms with van der Waals surface area (Å²) in [5.41, 5.74) is -1.34. The molecule has 0 unspecified atom stereocenters. The fourth-order valence-corrected chi connectivity index (χ4v) is 3.45. The van der Waals surface area contributed by atoms with Gasteiger partial charge in [-0.2, -0.15) is 13.2 Å². The van der Waals surface area contributed by atoms with Crippen molar-refractivity contribution >= 4 is 33.3 Å². The lowest BCUT2D eigenvalue weighted by molar-refractivity contribution is -0.136. The zero-order chi connectivity index (χ0) is 21.6. The van der Waals surface area contributed by atoms with Crippen LogP contribution in [0.5, 0.6) is 0 Å². The molecule has 0 spiro atoms. The zero-order valence-corrected chi connectivity index (χ0v) is 15.5. The number of anilines is 1. The Morgan fingerprint density at radius 1 is 1.00 bits per heavy atom. The molecule has 152 valence electrons. The Balaban J connectivity index is 1.96. The van der Waals surface area contributed by atoms with Crippen LogP contribution in [0.2, 0.25) is 0 Å². The number of amides is 1. The topological polar surface area (TPSA) is 62.0 Å². The molecule has 0 bridgehead atoms. The largest absolute Gasteiger partial charge is 0.418 e. The Labute approximate surface area is 167 Å². The Morgan fingerprint density at radius 3 is 2.37 bits per heavy atom. The Hall–Kier alpha value is -3.68. The Morgan fingerprint density at radius 2 is 1.70 bits per heavy atom. The third kappa shape index (κ3) is 3.41. The summed E-state index contributed by atoms with van der Waals surface area (Å²) in [6.07, 6.45) is -4.78. The zero-order valence-electron chi connectivity index (χ0n) is 15.5. The molecule has 3 aromatic carbocycles. The van der Waals surface area contributed by atoms with Crippen molar-refractivity contribution in [3.8, 4) is 0 Å². The maximum Gasteiger partial charge on any atom is 0.418 e. The highest BCUT2D eigenvalue weighted by atomic mass is 19.4. The highest BCUT2D eigenvalue weighted by molar-refractivity contribution is 6.11. The number of nitrogens with one attached hydrogen (secondary N) is 2. The van der Waals surface area contributed by atoms with Crippen molar-refractivity contribution in [1.82, 2.24) is 4.98 Å². The molecule has 1 heterocycles. The van der Waals surface area contributed by atoms with Gasteiger partial charge in [0.05, 0.1) is 11.3 Å². The first-order chi connectivity index (χ1) is 14.1. The molecule has 2 N–H and O–H groups in total. The van der Waals surface area contributed by atoms with Crippen LogP contribution in [0.3, 0.4) is 0 Å². The number of alkyl halides is 3. The molecule has 1 amide bonds. The molecule has 0 aliphatic rings. The summed E-state index contributed by atoms with van der Waals surface area (Å²) < 4.78 is 54.1. The van der Waals surface area contributed by atoms with Crippen molar-refractivity contribution in [2.45, 2.75) is 13.1 Å². The molecule has 0 fully saturated rings. The van der Waals surface area contributed by atoms with Gasteiger partial charge in [0.2, 0.25) is 0 Å². The normalized spacial score (nSPS) is 11.8. The summed E-state index contributed by atoms with van der Waals surface area (Å²) in [5.74, 6) is -1.38. The van der Waals surface area contributed by atoms with E-state index in [2.05, 4.69) is 10.3 Å². The van der Waals surface area contributed by atoms with E-state index in [1.165, 1.54) is 18.2 Å². The van der Waals surface area contributed by atoms with Crippen molar-refractivity contribution in [2.24, 2.45) is 0 Å². The van der Waals surface area contributed by atoms with Gasteiger partial charge in [0, 0.05) is 21.9 Å². The maximum absolute atomic E-state index is 13.7. The van der Waals surface area contributed by atoms with Crippen molar-refractivity contribution in [1.29, 1.82) is 0 Å². The number of hydrogen-bond acceptors (Lipinski definition) is 2. The standard InChI is InChI=1S/C22H14F4N2O2/c1-11-3-2-4-14-19(11)15-9-18(28-20(29)12-5-7-13(23)8-6-12)16(22(24,25)26)10-17(15)27-21(14)30/h2-10H,1H3,(H,27,30)(H,28,29). The Bertz CT molecular complexity index is 1360. The molecule has 0 saturated heterocycles. The van der Waals surface area contributed by atoms with E-state index in [1.807, 2.05) is 0 Å². The van der Waals surface area contributed by atoms with E-state index >= 15 is 0 Å². The number of halogens is 4. The van der Waals surface area contributed by atoms with Gasteiger partial charge in [0.1, 0.15) is 5.82 Å². The summed E-state index contributed by atoms with van der Waals surface area (Å²) in [5, 5.41) is 3.47. The van der Waals surface area contributed by atoms with E-state index in [9.17, 15) is 27.2 Å². The quantitative estimate of drug-likeness (QED) is 0.341. The second-order valence-electron chi connectivity index (χ2n) is 6.85. The molecule has 1 aromatic heterocycles. The summed E-state index contributed by atoms with van der Waals surface area (Å²) in [6, 6.07) is 11.5. The second kappa shape index (κ2) is 6.98. The van der Waals surface area contributed by atoms with Gasteiger partial charge in [0.15, 0.2) is 0 Å². The average Bonchev–Trinajstić information content (AvgIpc) is 2.68. The van der Waals surface area contributed by atoms with Crippen LogP contribution in [-0.2, 0) is 6.18 Å². The van der Waals surface area contributed by atoms with Crippen LogP contribution < -0.4 is 10.9 Å². The third-order valence-corrected chi connectivity index (χ3v) is 4.85. The van der Waals surface area contributed by atoms with Gasteiger partial charge < -0.3 is 10.3 Å². The van der Waals surface area contributed by atoms with E-state index in [-0.39, 0.29) is 11.1 Å². The number of pyridine rings is 1. The van der Waals surface area contributed by atoms with Gasteiger partial charge in [-0.3, -0.25) is 9.59 Å². The minimum atomic E-state index is -4.78. The number of aryl methyl sites for hydroxylation is 1. The molecule has 4 nitrogen and oxygen atoms in total. The minimum Gasteiger partial charge on any atom is -0.321 e. The van der Waals surface area contributed by atoms with Gasteiger partial charge in [0.25, 0.3) is 11.5 Å². The van der Waals surface area contributed by atoms with Crippen molar-refractivity contribution < 1.29 is 22.4 Å². The predicted molar refractivity (Wildman–Crippen MR) is 106 cm³/mol. The van der Waals surface area contributed by atoms with Gasteiger partial charge in [-0.05, 0) is 60.3 Å². The molecule has 4 rings (SSSR count). The lowest BCUT2D eigenvalue weighted by Crippen LogP contribution is -2.17. The number of aromatic amines is 1. The number of carbonyl (C=O) groups is 1. The number of benzene rings is 3. The second-order valence-corrected chi connectivity index (χ2v) is 6.85. The van der Waals surface area contributed by atoms with Gasteiger partial charge in [-0.15, -0.1) is 0 Å². The van der Waals surface area contributed by atoms with Crippen LogP contribution in [0.4, 0.5) is 23.2 Å². The molecule has 4 aromatic rings. The molecule has 8 heteroatoms. The van der Waals surface area contributed by atoms with Crippen molar-refractivity contribution in [3.05, 3.63) is 87.5 Å². The van der Waals surface area contributed by atoms with Gasteiger partial charge in [-0.25, -0.2) is 4.39 Å². The van der Waals surface area contributed by atoms with Gasteiger partial charge >= 0.3 is 6.18 Å². The molecule has 0 aliphatic carbocycles. The smallest absolute Gasteiger partial charge is 0.321 e. The fraction of sp³-hybridized carbons (Fsp3) is 0.0909. The van der Waals surface area contributed by atoms with Crippen LogP contribution >= 0.6 is 0 Å².